The number of aromatic hydroxyl groups is 1. The molecule has 3 saturated heterocycles. The minimum Gasteiger partial charge on any atom is -0.507 e. The fourth-order valence-electron chi connectivity index (χ4n) is 8.91. The van der Waals surface area contributed by atoms with Crippen molar-refractivity contribution in [3.8, 4) is 5.75 Å². The molecular weight excluding hydrogens is 610 g/mol. The predicted molar refractivity (Wildman–Crippen MR) is 192 cm³/mol. The number of pyridine rings is 1. The number of nitrogens with zero attached hydrogens (tertiary/aromatic N) is 3. The first-order valence-electron chi connectivity index (χ1n) is 18.1. The van der Waals surface area contributed by atoms with Crippen molar-refractivity contribution in [3.05, 3.63) is 106 Å². The third kappa shape index (κ3) is 6.63. The molecular formula is C42H49N3O4. The third-order valence-corrected chi connectivity index (χ3v) is 11.4. The number of amides is 2. The van der Waals surface area contributed by atoms with Gasteiger partial charge in [-0.25, -0.2) is 0 Å². The second-order valence-electron chi connectivity index (χ2n) is 14.9. The molecule has 4 atom stereocenters. The molecule has 7 rings (SSSR count). The molecule has 0 bridgehead atoms. The Kier molecular flexibility index (Phi) is 9.58. The highest BCUT2D eigenvalue weighted by atomic mass is 16.5. The van der Waals surface area contributed by atoms with Crippen LogP contribution in [-0.4, -0.2) is 63.5 Å². The Hall–Kier alpha value is -4.07. The van der Waals surface area contributed by atoms with Crippen LogP contribution >= 0.6 is 0 Å². The number of phenolic OH excluding ortho intramolecular Hbond substituents is 1. The first-order valence-corrected chi connectivity index (χ1v) is 18.1. The molecule has 2 aromatic carbocycles. The molecule has 1 aliphatic carbocycles. The Morgan fingerprint density at radius 1 is 0.980 bits per heavy atom. The summed E-state index contributed by atoms with van der Waals surface area (Å²) in [6.07, 6.45) is 7.71. The monoisotopic (exact) mass is 659 g/mol. The van der Waals surface area contributed by atoms with E-state index in [2.05, 4.69) is 54.1 Å². The first-order chi connectivity index (χ1) is 23.7. The zero-order valence-electron chi connectivity index (χ0n) is 29.3. The van der Waals surface area contributed by atoms with Gasteiger partial charge in [-0.2, -0.15) is 0 Å². The number of likely N-dealkylation sites (tertiary alicyclic amines) is 2. The molecule has 3 fully saturated rings. The largest absolute Gasteiger partial charge is 0.507 e. The summed E-state index contributed by atoms with van der Waals surface area (Å²) in [6, 6.07) is 20.5. The zero-order valence-corrected chi connectivity index (χ0v) is 29.3. The van der Waals surface area contributed by atoms with E-state index in [1.807, 2.05) is 56.4 Å². The number of imide groups is 1. The van der Waals surface area contributed by atoms with E-state index in [0.717, 1.165) is 73.3 Å². The van der Waals surface area contributed by atoms with Gasteiger partial charge in [0.05, 0.1) is 30.2 Å². The molecule has 0 saturated carbocycles. The van der Waals surface area contributed by atoms with Crippen LogP contribution in [0, 0.1) is 37.5 Å². The Labute approximate surface area is 290 Å². The number of benzene rings is 2. The first kappa shape index (κ1) is 33.4. The topological polar surface area (TPSA) is 83.0 Å². The molecule has 1 aromatic heterocycles. The van der Waals surface area contributed by atoms with Crippen LogP contribution in [-0.2, 0) is 20.9 Å². The number of carbonyl (C=O) groups excluding carboxylic acids is 2. The van der Waals surface area contributed by atoms with Crippen molar-refractivity contribution in [2.24, 2.45) is 23.7 Å². The lowest BCUT2D eigenvalue weighted by Crippen LogP contribution is -2.47. The highest BCUT2D eigenvalue weighted by Gasteiger charge is 2.58. The van der Waals surface area contributed by atoms with E-state index in [4.69, 9.17) is 4.74 Å². The molecule has 7 nitrogen and oxygen atoms in total. The van der Waals surface area contributed by atoms with Crippen LogP contribution in [0.15, 0.2) is 78.0 Å². The van der Waals surface area contributed by atoms with Gasteiger partial charge in [0.25, 0.3) is 0 Å². The van der Waals surface area contributed by atoms with Gasteiger partial charge >= 0.3 is 0 Å². The standard InChI is InChI=1S/C42H49N3O4/c1-26(2)33-23-34-39(42(48)45(41(34)47)32-15-18-44(19-16-32)24-29-10-6-5-7-11-29)35-25-49-37(38(33)35)14-13-31(36-12-8-9-17-43-36)22-30-20-27(3)40(46)28(4)21-30/h5-12,17,20-22,26,32,34-35,37,39,46H,13-16,18-19,23-25H2,1-4H3/b31-22-/t34-,35+,37-,39-/m1/s1. The van der Waals surface area contributed by atoms with Gasteiger partial charge < -0.3 is 9.84 Å². The smallest absolute Gasteiger partial charge is 0.234 e. The van der Waals surface area contributed by atoms with E-state index in [-0.39, 0.29) is 47.6 Å². The Bertz CT molecular complexity index is 1730. The number of aromatic nitrogens is 1. The summed E-state index contributed by atoms with van der Waals surface area (Å²) in [4.78, 5) is 37.1. The number of ether oxygens (including phenoxy) is 1. The number of phenols is 1. The lowest BCUT2D eigenvalue weighted by Gasteiger charge is -2.36. The summed E-state index contributed by atoms with van der Waals surface area (Å²) in [5.74, 6) is 0.00681. The Morgan fingerprint density at radius 3 is 2.37 bits per heavy atom. The molecule has 3 aliphatic heterocycles. The van der Waals surface area contributed by atoms with Crippen molar-refractivity contribution in [2.45, 2.75) is 78.5 Å². The molecule has 3 aromatic rings. The van der Waals surface area contributed by atoms with Crippen molar-refractivity contribution in [1.82, 2.24) is 14.8 Å². The van der Waals surface area contributed by atoms with E-state index in [1.54, 1.807) is 4.90 Å². The predicted octanol–water partition coefficient (Wildman–Crippen LogP) is 7.36. The highest BCUT2D eigenvalue weighted by molar-refractivity contribution is 6.06. The second-order valence-corrected chi connectivity index (χ2v) is 14.9. The third-order valence-electron chi connectivity index (χ3n) is 11.4. The average molecular weight is 660 g/mol. The fourth-order valence-corrected chi connectivity index (χ4v) is 8.91. The van der Waals surface area contributed by atoms with Gasteiger partial charge in [-0.1, -0.05) is 55.8 Å². The van der Waals surface area contributed by atoms with Gasteiger partial charge in [0.15, 0.2) is 0 Å². The van der Waals surface area contributed by atoms with Crippen molar-refractivity contribution >= 4 is 23.5 Å². The summed E-state index contributed by atoms with van der Waals surface area (Å²) in [6.45, 7) is 11.4. The van der Waals surface area contributed by atoms with Crippen LogP contribution in [0.25, 0.3) is 11.6 Å². The van der Waals surface area contributed by atoms with Crippen LogP contribution < -0.4 is 0 Å². The van der Waals surface area contributed by atoms with Crippen LogP contribution in [0.5, 0.6) is 5.75 Å². The van der Waals surface area contributed by atoms with Gasteiger partial charge in [0.1, 0.15) is 5.75 Å². The van der Waals surface area contributed by atoms with Gasteiger partial charge in [-0.15, -0.1) is 0 Å². The van der Waals surface area contributed by atoms with Crippen molar-refractivity contribution in [1.29, 1.82) is 0 Å². The van der Waals surface area contributed by atoms with Gasteiger partial charge in [-0.05, 0) is 116 Å². The summed E-state index contributed by atoms with van der Waals surface area (Å²) in [5, 5.41) is 10.4. The summed E-state index contributed by atoms with van der Waals surface area (Å²) < 4.78 is 6.59. The fraction of sp³-hybridized carbons (Fsp3) is 0.452. The molecule has 1 N–H and O–H groups in total. The molecule has 7 heteroatoms. The molecule has 49 heavy (non-hydrogen) atoms. The summed E-state index contributed by atoms with van der Waals surface area (Å²) in [5.41, 5.74) is 8.63. The van der Waals surface area contributed by atoms with Crippen LogP contribution in [0.4, 0.5) is 0 Å². The number of aryl methyl sites for hydroxylation is 2. The maximum Gasteiger partial charge on any atom is 0.234 e. The lowest BCUT2D eigenvalue weighted by molar-refractivity contribution is -0.144. The molecule has 4 heterocycles. The summed E-state index contributed by atoms with van der Waals surface area (Å²) >= 11 is 0. The van der Waals surface area contributed by atoms with Crippen molar-refractivity contribution in [3.63, 3.8) is 0 Å². The Morgan fingerprint density at radius 2 is 1.69 bits per heavy atom. The minimum atomic E-state index is -0.328. The number of hydrogen-bond acceptors (Lipinski definition) is 6. The molecule has 256 valence electrons. The lowest BCUT2D eigenvalue weighted by atomic mass is 9.67. The van der Waals surface area contributed by atoms with E-state index >= 15 is 0 Å². The average Bonchev–Trinajstić information content (AvgIpc) is 3.63. The molecule has 4 aliphatic rings. The second kappa shape index (κ2) is 14.0. The van der Waals surface area contributed by atoms with Crippen LogP contribution in [0.3, 0.4) is 0 Å². The Balaban J connectivity index is 1.09. The number of allylic oxidation sites excluding steroid dienone is 2. The van der Waals surface area contributed by atoms with Gasteiger partial charge in [0.2, 0.25) is 11.8 Å². The number of fused-ring (bicyclic) bond motifs is 3. The summed E-state index contributed by atoms with van der Waals surface area (Å²) in [7, 11) is 0. The highest BCUT2D eigenvalue weighted by Crippen LogP contribution is 2.52. The zero-order chi connectivity index (χ0) is 34.2. The van der Waals surface area contributed by atoms with Crippen molar-refractivity contribution < 1.29 is 19.4 Å². The van der Waals surface area contributed by atoms with E-state index in [0.29, 0.717) is 18.8 Å². The maximum absolute atomic E-state index is 14.3. The molecule has 0 radical (unpaired) electrons. The molecule has 2 amide bonds. The molecule has 0 spiro atoms. The number of hydrogen-bond donors (Lipinski definition) is 1. The van der Waals surface area contributed by atoms with Crippen LogP contribution in [0.2, 0.25) is 0 Å². The number of rotatable bonds is 9. The van der Waals surface area contributed by atoms with Crippen LogP contribution in [0.1, 0.15) is 73.9 Å². The van der Waals surface area contributed by atoms with Crippen molar-refractivity contribution in [2.75, 3.05) is 19.7 Å². The van der Waals surface area contributed by atoms with Gasteiger partial charge in [-0.3, -0.25) is 24.4 Å². The normalized spacial score (nSPS) is 25.0. The quantitative estimate of drug-likeness (QED) is 0.191. The number of piperidine rings is 1. The SMILES string of the molecule is Cc1cc(/C=C(/CC[C@H]2OC[C@H]3C2=C(C(C)C)C[C@H]2C(=O)N(C4CCN(Cc5ccccc5)CC4)C(=O)[C@H]23)c2ccccn2)cc(C)c1O. The minimum absolute atomic E-state index is 0.0261. The maximum atomic E-state index is 14.3. The van der Waals surface area contributed by atoms with E-state index in [1.165, 1.54) is 16.7 Å². The van der Waals surface area contributed by atoms with E-state index in [9.17, 15) is 14.7 Å². The van der Waals surface area contributed by atoms with E-state index < -0.39 is 0 Å². The molecule has 0 unspecified atom stereocenters. The van der Waals surface area contributed by atoms with Gasteiger partial charge in [0, 0.05) is 37.8 Å². The number of carbonyl (C=O) groups is 2.